The first-order valence-corrected chi connectivity index (χ1v) is 13.6. The molecule has 2 amide bonds. The van der Waals surface area contributed by atoms with E-state index in [2.05, 4.69) is 4.98 Å². The molecule has 5 rings (SSSR count). The van der Waals surface area contributed by atoms with Crippen LogP contribution in [-0.4, -0.2) is 29.1 Å². The molecule has 0 radical (unpaired) electrons. The average molecular weight is 548 g/mol. The number of carbonyl (C=O) groups is 2. The quantitative estimate of drug-likeness (QED) is 0.206. The van der Waals surface area contributed by atoms with E-state index in [0.717, 1.165) is 22.1 Å². The molecule has 5 aromatic rings. The summed E-state index contributed by atoms with van der Waals surface area (Å²) in [5, 5.41) is 0.865. The smallest absolute Gasteiger partial charge is 0.414 e. The van der Waals surface area contributed by atoms with Crippen molar-refractivity contribution in [3.63, 3.8) is 0 Å². The molecule has 2 aromatic heterocycles. The molecule has 0 spiro atoms. The predicted molar refractivity (Wildman–Crippen MR) is 162 cm³/mol. The van der Waals surface area contributed by atoms with Crippen LogP contribution in [0.1, 0.15) is 43.8 Å². The number of furan rings is 1. The van der Waals surface area contributed by atoms with Crippen molar-refractivity contribution in [2.24, 2.45) is 0 Å². The first kappa shape index (κ1) is 27.6. The monoisotopic (exact) mass is 547 g/mol. The zero-order valence-corrected chi connectivity index (χ0v) is 23.7. The fourth-order valence-electron chi connectivity index (χ4n) is 4.58. The summed E-state index contributed by atoms with van der Waals surface area (Å²) in [4.78, 5) is 34.0. The van der Waals surface area contributed by atoms with Gasteiger partial charge in [-0.15, -0.1) is 0 Å². The molecule has 0 saturated heterocycles. The lowest BCUT2D eigenvalue weighted by Gasteiger charge is -2.27. The molecule has 208 valence electrons. The minimum absolute atomic E-state index is 0.257. The van der Waals surface area contributed by atoms with Gasteiger partial charge in [0, 0.05) is 35.7 Å². The van der Waals surface area contributed by atoms with Crippen LogP contribution < -0.4 is 9.80 Å². The van der Waals surface area contributed by atoms with Crippen LogP contribution in [0.4, 0.5) is 16.2 Å². The number of hydrogen-bond acceptors (Lipinski definition) is 5. The molecule has 2 heterocycles. The summed E-state index contributed by atoms with van der Waals surface area (Å²) in [5.74, 6) is -0.000674. The lowest BCUT2D eigenvalue weighted by atomic mass is 10.0. The second kappa shape index (κ2) is 11.7. The Kier molecular flexibility index (Phi) is 7.88. The molecule has 7 heteroatoms. The summed E-state index contributed by atoms with van der Waals surface area (Å²) < 4.78 is 11.5. The molecule has 41 heavy (non-hydrogen) atoms. The lowest BCUT2D eigenvalue weighted by molar-refractivity contribution is 0.0582. The Morgan fingerprint density at radius 1 is 0.805 bits per heavy atom. The van der Waals surface area contributed by atoms with Crippen molar-refractivity contribution in [3.8, 4) is 11.1 Å². The number of para-hydroxylation sites is 1. The third kappa shape index (κ3) is 6.47. The number of anilines is 2. The van der Waals surface area contributed by atoms with E-state index >= 15 is 0 Å². The molecule has 7 nitrogen and oxygen atoms in total. The van der Waals surface area contributed by atoms with E-state index in [0.29, 0.717) is 30.0 Å². The average Bonchev–Trinajstić information content (AvgIpc) is 3.41. The second-order valence-electron chi connectivity index (χ2n) is 10.7. The number of ether oxygens (including phenoxy) is 1. The Morgan fingerprint density at radius 3 is 2.02 bits per heavy atom. The van der Waals surface area contributed by atoms with E-state index < -0.39 is 11.7 Å². The number of aromatic nitrogens is 1. The maximum Gasteiger partial charge on any atom is 0.414 e. The van der Waals surface area contributed by atoms with Crippen molar-refractivity contribution in [3.05, 3.63) is 115 Å². The summed E-state index contributed by atoms with van der Waals surface area (Å²) in [5.41, 5.74) is 4.51. The van der Waals surface area contributed by atoms with Gasteiger partial charge < -0.3 is 14.1 Å². The van der Waals surface area contributed by atoms with Crippen LogP contribution >= 0.6 is 0 Å². The molecule has 3 aromatic carbocycles. The number of fused-ring (bicyclic) bond motifs is 1. The van der Waals surface area contributed by atoms with Gasteiger partial charge in [0.15, 0.2) is 5.76 Å². The first-order chi connectivity index (χ1) is 19.7. The highest BCUT2D eigenvalue weighted by Crippen LogP contribution is 2.28. The molecule has 0 atom stereocenters. The molecule has 0 fully saturated rings. The largest absolute Gasteiger partial charge is 0.451 e. The third-order valence-electron chi connectivity index (χ3n) is 6.59. The first-order valence-electron chi connectivity index (χ1n) is 13.6. The van der Waals surface area contributed by atoms with Crippen LogP contribution in [0.15, 0.2) is 108 Å². The molecule has 0 bridgehead atoms. The van der Waals surface area contributed by atoms with Crippen LogP contribution in [0.25, 0.3) is 22.1 Å². The highest BCUT2D eigenvalue weighted by Gasteiger charge is 2.25. The van der Waals surface area contributed by atoms with E-state index in [1.807, 2.05) is 113 Å². The van der Waals surface area contributed by atoms with Crippen LogP contribution in [0.5, 0.6) is 0 Å². The van der Waals surface area contributed by atoms with E-state index in [9.17, 15) is 9.59 Å². The molecule has 0 aliphatic carbocycles. The summed E-state index contributed by atoms with van der Waals surface area (Å²) in [6, 6.07) is 28.7. The van der Waals surface area contributed by atoms with Crippen molar-refractivity contribution in [2.45, 2.75) is 39.8 Å². The van der Waals surface area contributed by atoms with Gasteiger partial charge in [0.25, 0.3) is 5.91 Å². The van der Waals surface area contributed by atoms with Gasteiger partial charge in [-0.05, 0) is 92.9 Å². The van der Waals surface area contributed by atoms with Crippen molar-refractivity contribution in [1.82, 2.24) is 4.98 Å². The molecule has 0 aliphatic rings. The minimum atomic E-state index is -0.604. The van der Waals surface area contributed by atoms with Crippen LogP contribution in [0.2, 0.25) is 0 Å². The van der Waals surface area contributed by atoms with E-state index in [1.165, 1.54) is 0 Å². The molecular formula is C34H33N3O4. The van der Waals surface area contributed by atoms with Crippen LogP contribution in [0.3, 0.4) is 0 Å². The molecule has 0 saturated carbocycles. The highest BCUT2D eigenvalue weighted by atomic mass is 16.6. The van der Waals surface area contributed by atoms with Crippen molar-refractivity contribution < 1.29 is 18.7 Å². The molecular weight excluding hydrogens is 514 g/mol. The Morgan fingerprint density at radius 2 is 1.41 bits per heavy atom. The van der Waals surface area contributed by atoms with Crippen LogP contribution in [0, 0.1) is 0 Å². The topological polar surface area (TPSA) is 75.9 Å². The zero-order chi connectivity index (χ0) is 29.0. The lowest BCUT2D eigenvalue weighted by Crippen LogP contribution is -2.36. The van der Waals surface area contributed by atoms with Gasteiger partial charge in [-0.2, -0.15) is 0 Å². The summed E-state index contributed by atoms with van der Waals surface area (Å²) in [6.07, 6.45) is 3.11. The van der Waals surface area contributed by atoms with Crippen molar-refractivity contribution >= 4 is 34.3 Å². The maximum absolute atomic E-state index is 13.9. The van der Waals surface area contributed by atoms with E-state index in [1.54, 1.807) is 28.3 Å². The van der Waals surface area contributed by atoms with Gasteiger partial charge in [0.1, 0.15) is 11.2 Å². The van der Waals surface area contributed by atoms with Crippen molar-refractivity contribution in [1.29, 1.82) is 0 Å². The van der Waals surface area contributed by atoms with Gasteiger partial charge in [-0.1, -0.05) is 42.5 Å². The summed E-state index contributed by atoms with van der Waals surface area (Å²) in [6.45, 7) is 8.19. The maximum atomic E-state index is 13.9. The highest BCUT2D eigenvalue weighted by molar-refractivity contribution is 6.06. The normalized spacial score (nSPS) is 11.3. The molecule has 0 N–H and O–H groups in total. The Bertz CT molecular complexity index is 1600. The van der Waals surface area contributed by atoms with Gasteiger partial charge in [0.05, 0.1) is 6.54 Å². The Balaban J connectivity index is 1.45. The second-order valence-corrected chi connectivity index (χ2v) is 10.7. The molecule has 0 unspecified atom stereocenters. The third-order valence-corrected chi connectivity index (χ3v) is 6.59. The SMILES string of the molecule is CCN(C(=O)OC(C)(C)C)c1ccc(N(Cc2ccc(-c3ccncc3)cc2)C(=O)c2cc3ccccc3o2)cc1. The summed E-state index contributed by atoms with van der Waals surface area (Å²) in [7, 11) is 0. The predicted octanol–water partition coefficient (Wildman–Crippen LogP) is 8.10. The fourth-order valence-corrected chi connectivity index (χ4v) is 4.58. The van der Waals surface area contributed by atoms with Gasteiger partial charge in [-0.25, -0.2) is 4.79 Å². The summed E-state index contributed by atoms with van der Waals surface area (Å²) >= 11 is 0. The van der Waals surface area contributed by atoms with Gasteiger partial charge in [0.2, 0.25) is 0 Å². The van der Waals surface area contributed by atoms with Gasteiger partial charge >= 0.3 is 6.09 Å². The van der Waals surface area contributed by atoms with Gasteiger partial charge in [-0.3, -0.25) is 14.7 Å². The number of pyridine rings is 1. The Hall–Kier alpha value is -4.91. The molecule has 0 aliphatic heterocycles. The zero-order valence-electron chi connectivity index (χ0n) is 23.7. The van der Waals surface area contributed by atoms with E-state index in [-0.39, 0.29) is 11.7 Å². The Labute approximate surface area is 240 Å². The number of carbonyl (C=O) groups excluding carboxylic acids is 2. The number of amides is 2. The minimum Gasteiger partial charge on any atom is -0.451 e. The standard InChI is InChI=1S/C34H33N3O4/c1-5-36(33(39)41-34(2,3)4)28-14-16-29(17-15-28)37(32(38)31-22-27-8-6-7-9-30(27)40-31)23-24-10-12-25(13-11-24)26-18-20-35-21-19-26/h6-22H,5,23H2,1-4H3. The van der Waals surface area contributed by atoms with Crippen LogP contribution in [-0.2, 0) is 11.3 Å². The van der Waals surface area contributed by atoms with E-state index in [4.69, 9.17) is 9.15 Å². The number of hydrogen-bond donors (Lipinski definition) is 0. The van der Waals surface area contributed by atoms with Crippen molar-refractivity contribution in [2.75, 3.05) is 16.3 Å². The number of benzene rings is 3. The number of rotatable bonds is 7. The fraction of sp³-hybridized carbons (Fsp3) is 0.206. The number of nitrogens with zero attached hydrogens (tertiary/aromatic N) is 3.